The molecule has 2 aromatic rings. The predicted molar refractivity (Wildman–Crippen MR) is 105 cm³/mol. The van der Waals surface area contributed by atoms with Gasteiger partial charge in [-0.25, -0.2) is 5.09 Å². The second kappa shape index (κ2) is 10.9. The minimum atomic E-state index is -3.37. The van der Waals surface area contributed by atoms with Gasteiger partial charge in [0.2, 0.25) is 0 Å². The van der Waals surface area contributed by atoms with Crippen molar-refractivity contribution in [1.29, 1.82) is 0 Å². The average Bonchev–Trinajstić information content (AvgIpc) is 2.67. The van der Waals surface area contributed by atoms with E-state index in [1.54, 1.807) is 38.1 Å². The van der Waals surface area contributed by atoms with E-state index in [0.717, 1.165) is 5.56 Å². The molecule has 1 N–H and O–H groups in total. The van der Waals surface area contributed by atoms with E-state index < -0.39 is 19.5 Å². The first-order valence-electron chi connectivity index (χ1n) is 8.92. The fourth-order valence-electron chi connectivity index (χ4n) is 2.35. The Kier molecular flexibility index (Phi) is 8.52. The van der Waals surface area contributed by atoms with E-state index in [1.807, 2.05) is 36.4 Å². The number of esters is 1. The highest BCUT2D eigenvalue weighted by molar-refractivity contribution is 7.57. The van der Waals surface area contributed by atoms with Crippen molar-refractivity contribution in [2.75, 3.05) is 19.4 Å². The molecule has 0 radical (unpaired) electrons. The summed E-state index contributed by atoms with van der Waals surface area (Å²) in [4.78, 5) is 11.9. The van der Waals surface area contributed by atoms with Gasteiger partial charge < -0.3 is 14.0 Å². The summed E-state index contributed by atoms with van der Waals surface area (Å²) in [6, 6.07) is 17.8. The molecule has 7 heteroatoms. The van der Waals surface area contributed by atoms with Crippen molar-refractivity contribution in [2.24, 2.45) is 0 Å². The smallest absolute Gasteiger partial charge is 0.323 e. The quantitative estimate of drug-likeness (QED) is 0.354. The minimum Gasteiger partial charge on any atom is -0.465 e. The molecule has 0 heterocycles. The fraction of sp³-hybridized carbons (Fsp3) is 0.350. The highest BCUT2D eigenvalue weighted by Gasteiger charge is 2.30. The van der Waals surface area contributed by atoms with Crippen LogP contribution in [-0.2, 0) is 25.4 Å². The molecule has 0 amide bonds. The van der Waals surface area contributed by atoms with Crippen molar-refractivity contribution in [3.05, 3.63) is 66.2 Å². The van der Waals surface area contributed by atoms with Gasteiger partial charge in [0, 0.05) is 0 Å². The zero-order valence-corrected chi connectivity index (χ0v) is 16.6. The summed E-state index contributed by atoms with van der Waals surface area (Å²) >= 11 is 0. The lowest BCUT2D eigenvalue weighted by molar-refractivity contribution is -0.144. The zero-order valence-electron chi connectivity index (χ0n) is 15.7. The number of nitrogens with one attached hydrogen (secondary N) is 1. The van der Waals surface area contributed by atoms with Crippen LogP contribution in [0.25, 0.3) is 0 Å². The summed E-state index contributed by atoms with van der Waals surface area (Å²) in [6.07, 6.45) is 0.123. The van der Waals surface area contributed by atoms with Crippen molar-refractivity contribution in [1.82, 2.24) is 5.09 Å². The largest absolute Gasteiger partial charge is 0.465 e. The van der Waals surface area contributed by atoms with E-state index in [4.69, 9.17) is 14.0 Å². The van der Waals surface area contributed by atoms with Crippen LogP contribution in [0.5, 0.6) is 5.75 Å². The van der Waals surface area contributed by atoms with Gasteiger partial charge in [0.1, 0.15) is 11.8 Å². The van der Waals surface area contributed by atoms with Crippen molar-refractivity contribution in [3.63, 3.8) is 0 Å². The third-order valence-electron chi connectivity index (χ3n) is 3.67. The topological polar surface area (TPSA) is 73.9 Å². The number of para-hydroxylation sites is 1. The Hall–Kier alpha value is -2.14. The maximum absolute atomic E-state index is 13.3. The summed E-state index contributed by atoms with van der Waals surface area (Å²) in [5.74, 6) is -0.00737. The van der Waals surface area contributed by atoms with E-state index in [0.29, 0.717) is 12.4 Å². The molecule has 2 atom stereocenters. The number of hydrogen-bond acceptors (Lipinski definition) is 5. The van der Waals surface area contributed by atoms with Crippen LogP contribution >= 0.6 is 7.52 Å². The van der Waals surface area contributed by atoms with E-state index >= 15 is 0 Å². The normalized spacial score (nSPS) is 14.1. The molecule has 0 aliphatic carbocycles. The van der Waals surface area contributed by atoms with Crippen LogP contribution in [0.2, 0.25) is 0 Å². The van der Waals surface area contributed by atoms with Crippen LogP contribution in [-0.4, -0.2) is 31.4 Å². The summed E-state index contributed by atoms with van der Waals surface area (Å²) in [5, 5.41) is 2.80. The number of rotatable bonds is 11. The molecular weight excluding hydrogens is 365 g/mol. The van der Waals surface area contributed by atoms with Crippen molar-refractivity contribution >= 4 is 13.5 Å². The molecule has 0 spiro atoms. The Morgan fingerprint density at radius 1 is 1.07 bits per heavy atom. The number of benzene rings is 2. The van der Waals surface area contributed by atoms with Crippen LogP contribution in [0.3, 0.4) is 0 Å². The molecule has 0 fully saturated rings. The van der Waals surface area contributed by atoms with Gasteiger partial charge in [0.25, 0.3) is 0 Å². The summed E-state index contributed by atoms with van der Waals surface area (Å²) in [6.45, 7) is 4.22. The van der Waals surface area contributed by atoms with E-state index in [9.17, 15) is 9.36 Å². The summed E-state index contributed by atoms with van der Waals surface area (Å²) < 4.78 is 29.6. The molecule has 0 aliphatic rings. The highest BCUT2D eigenvalue weighted by Crippen LogP contribution is 2.43. The zero-order chi connectivity index (χ0) is 19.5. The van der Waals surface area contributed by atoms with Crippen molar-refractivity contribution < 1.29 is 23.4 Å². The van der Waals surface area contributed by atoms with Crippen LogP contribution < -0.4 is 9.61 Å². The highest BCUT2D eigenvalue weighted by atomic mass is 31.2. The van der Waals surface area contributed by atoms with Gasteiger partial charge in [0.05, 0.1) is 26.0 Å². The standard InChI is InChI=1S/C20H26NO5P/c1-3-25-20(22)17(2)21-27(23,26-19-12-8-5-9-13-19)15-14-24-16-18-10-6-4-7-11-18/h4-13,17H,3,14-16H2,1-2H3,(H,21,23). The Labute approximate surface area is 160 Å². The SMILES string of the molecule is CCOC(=O)C(C)NP(=O)(CCOCc1ccccc1)Oc1ccccc1. The lowest BCUT2D eigenvalue weighted by Gasteiger charge is -2.23. The Morgan fingerprint density at radius 3 is 2.33 bits per heavy atom. The lowest BCUT2D eigenvalue weighted by Crippen LogP contribution is -2.35. The number of carbonyl (C=O) groups is 1. The maximum atomic E-state index is 13.3. The van der Waals surface area contributed by atoms with Crippen molar-refractivity contribution in [3.8, 4) is 5.75 Å². The van der Waals surface area contributed by atoms with Gasteiger partial charge in [-0.2, -0.15) is 0 Å². The van der Waals surface area contributed by atoms with Gasteiger partial charge >= 0.3 is 13.5 Å². The molecule has 2 aromatic carbocycles. The van der Waals surface area contributed by atoms with Crippen LogP contribution in [0, 0.1) is 0 Å². The number of carbonyl (C=O) groups excluding carboxylic acids is 1. The molecule has 146 valence electrons. The number of hydrogen-bond donors (Lipinski definition) is 1. The van der Waals surface area contributed by atoms with Gasteiger partial charge in [-0.05, 0) is 31.5 Å². The maximum Gasteiger partial charge on any atom is 0.323 e. The molecule has 0 saturated heterocycles. The monoisotopic (exact) mass is 391 g/mol. The van der Waals surface area contributed by atoms with Crippen LogP contribution in [0.4, 0.5) is 0 Å². The molecular formula is C20H26NO5P. The molecule has 2 rings (SSSR count). The van der Waals surface area contributed by atoms with Gasteiger partial charge in [0.15, 0.2) is 0 Å². The molecule has 0 aromatic heterocycles. The van der Waals surface area contributed by atoms with Gasteiger partial charge in [-0.15, -0.1) is 0 Å². The Balaban J connectivity index is 1.97. The third kappa shape index (κ3) is 7.55. The molecule has 2 unspecified atom stereocenters. The first-order valence-corrected chi connectivity index (χ1v) is 10.7. The van der Waals surface area contributed by atoms with Crippen LogP contribution in [0.1, 0.15) is 19.4 Å². The molecule has 0 bridgehead atoms. The van der Waals surface area contributed by atoms with E-state index in [-0.39, 0.29) is 19.4 Å². The van der Waals surface area contributed by atoms with Crippen molar-refractivity contribution in [2.45, 2.75) is 26.5 Å². The summed E-state index contributed by atoms with van der Waals surface area (Å²) in [5.41, 5.74) is 1.03. The van der Waals surface area contributed by atoms with Gasteiger partial charge in [-0.1, -0.05) is 48.5 Å². The fourth-order valence-corrected chi connectivity index (χ4v) is 4.15. The van der Waals surface area contributed by atoms with Gasteiger partial charge in [-0.3, -0.25) is 9.36 Å². The number of ether oxygens (including phenoxy) is 2. The Bertz CT molecular complexity index is 739. The lowest BCUT2D eigenvalue weighted by atomic mass is 10.2. The predicted octanol–water partition coefficient (Wildman–Crippen LogP) is 4.02. The second-order valence-electron chi connectivity index (χ2n) is 5.94. The minimum absolute atomic E-state index is 0.123. The van der Waals surface area contributed by atoms with E-state index in [2.05, 4.69) is 5.09 Å². The second-order valence-corrected chi connectivity index (χ2v) is 8.18. The average molecular weight is 391 g/mol. The molecule has 27 heavy (non-hydrogen) atoms. The molecule has 0 aliphatic heterocycles. The van der Waals surface area contributed by atoms with E-state index in [1.165, 1.54) is 0 Å². The molecule has 0 saturated carbocycles. The summed E-state index contributed by atoms with van der Waals surface area (Å²) in [7, 11) is -3.37. The first-order chi connectivity index (χ1) is 13.0. The molecule has 6 nitrogen and oxygen atoms in total. The first kappa shape index (κ1) is 21.2. The third-order valence-corrected chi connectivity index (χ3v) is 5.73. The Morgan fingerprint density at radius 2 is 1.70 bits per heavy atom. The van der Waals surface area contributed by atoms with Crippen LogP contribution in [0.15, 0.2) is 60.7 Å².